The van der Waals surface area contributed by atoms with Crippen LogP contribution in [0.1, 0.15) is 33.4 Å². The van der Waals surface area contributed by atoms with Crippen LogP contribution in [0.15, 0.2) is 71.8 Å². The number of aryl methyl sites for hydroxylation is 1. The standard InChI is InChI=1S/C28H29N5O2/c1-20-6-5-9-26(21(20)2)31-14-16-32(17-15-31)27(34)19-33-28(35)24-8-4-3-7-23(24)25(30-33)18-22-10-12-29-13-11-22/h3-13H,14-19H2,1-2H3/i14D2,15D2,16D2,17D2. The van der Waals surface area contributed by atoms with E-state index in [0.29, 0.717) is 27.1 Å². The highest BCUT2D eigenvalue weighted by Gasteiger charge is 2.23. The van der Waals surface area contributed by atoms with E-state index in [1.54, 1.807) is 68.7 Å². The summed E-state index contributed by atoms with van der Waals surface area (Å²) in [6.45, 7) is -10.9. The number of piperazine rings is 1. The van der Waals surface area contributed by atoms with Crippen LogP contribution in [-0.4, -0.2) is 51.6 Å². The van der Waals surface area contributed by atoms with E-state index in [4.69, 9.17) is 11.0 Å². The van der Waals surface area contributed by atoms with Gasteiger partial charge in [-0.1, -0.05) is 30.3 Å². The van der Waals surface area contributed by atoms with Crippen molar-refractivity contribution in [3.8, 4) is 0 Å². The number of carbonyl (C=O) groups is 1. The first-order chi connectivity index (χ1) is 20.0. The molecular weight excluding hydrogens is 438 g/mol. The summed E-state index contributed by atoms with van der Waals surface area (Å²) in [6.07, 6.45) is 3.46. The zero-order chi connectivity index (χ0) is 31.5. The van der Waals surface area contributed by atoms with E-state index in [1.807, 2.05) is 0 Å². The minimum Gasteiger partial charge on any atom is -0.368 e. The monoisotopic (exact) mass is 475 g/mol. The molecule has 178 valence electrons. The summed E-state index contributed by atoms with van der Waals surface area (Å²) < 4.78 is 70.8. The Kier molecular flexibility index (Phi) is 4.18. The van der Waals surface area contributed by atoms with Crippen LogP contribution in [0.3, 0.4) is 0 Å². The Morgan fingerprint density at radius 1 is 0.943 bits per heavy atom. The Morgan fingerprint density at radius 2 is 1.66 bits per heavy atom. The lowest BCUT2D eigenvalue weighted by atomic mass is 10.1. The quantitative estimate of drug-likeness (QED) is 0.443. The van der Waals surface area contributed by atoms with Gasteiger partial charge in [0.1, 0.15) is 6.54 Å². The second-order valence-electron chi connectivity index (χ2n) is 8.22. The molecule has 7 nitrogen and oxygen atoms in total. The molecule has 2 aromatic carbocycles. The third-order valence-corrected chi connectivity index (χ3v) is 5.96. The molecule has 5 rings (SSSR count). The highest BCUT2D eigenvalue weighted by molar-refractivity contribution is 5.84. The van der Waals surface area contributed by atoms with Crippen LogP contribution in [0.25, 0.3) is 10.8 Å². The molecule has 0 radical (unpaired) electrons. The van der Waals surface area contributed by atoms with Crippen LogP contribution in [0.4, 0.5) is 5.69 Å². The maximum absolute atomic E-state index is 13.8. The van der Waals surface area contributed by atoms with Crippen LogP contribution in [0.5, 0.6) is 0 Å². The largest absolute Gasteiger partial charge is 0.368 e. The SMILES string of the molecule is [2H]C1([2H])N(C(=O)Cn2nc(Cc3ccncc3)c3ccccc3c2=O)C([2H])([2H])C([2H])([2H])N(c2cccc(C)c2C)C1([2H])[2H]. The van der Waals surface area contributed by atoms with E-state index in [-0.39, 0.29) is 22.4 Å². The van der Waals surface area contributed by atoms with Crippen LogP contribution < -0.4 is 10.5 Å². The van der Waals surface area contributed by atoms with Gasteiger partial charge in [-0.15, -0.1) is 0 Å². The molecule has 0 aliphatic carbocycles. The molecule has 4 aromatic rings. The summed E-state index contributed by atoms with van der Waals surface area (Å²) in [5.74, 6) is -1.36. The minimum atomic E-state index is -3.39. The Morgan fingerprint density at radius 3 is 2.40 bits per heavy atom. The number of benzene rings is 2. The Bertz CT molecular complexity index is 1750. The second kappa shape index (κ2) is 9.70. The van der Waals surface area contributed by atoms with Gasteiger partial charge in [-0.3, -0.25) is 14.6 Å². The fourth-order valence-electron chi connectivity index (χ4n) is 3.91. The molecule has 7 heteroatoms. The van der Waals surface area contributed by atoms with Gasteiger partial charge in [0.2, 0.25) is 5.91 Å². The van der Waals surface area contributed by atoms with Gasteiger partial charge in [0.05, 0.1) is 22.0 Å². The molecule has 1 amide bonds. The predicted molar refractivity (Wildman–Crippen MR) is 138 cm³/mol. The fraction of sp³-hybridized carbons (Fsp3) is 0.286. The lowest BCUT2D eigenvalue weighted by molar-refractivity contribution is -0.132. The zero-order valence-electron chi connectivity index (χ0n) is 27.3. The van der Waals surface area contributed by atoms with Gasteiger partial charge in [0.15, 0.2) is 0 Å². The van der Waals surface area contributed by atoms with Crippen LogP contribution in [0, 0.1) is 13.8 Å². The van der Waals surface area contributed by atoms with E-state index < -0.39 is 44.0 Å². The van der Waals surface area contributed by atoms with Crippen molar-refractivity contribution >= 4 is 22.4 Å². The van der Waals surface area contributed by atoms with Crippen molar-refractivity contribution in [3.05, 3.63) is 99.7 Å². The van der Waals surface area contributed by atoms with Crippen molar-refractivity contribution in [1.29, 1.82) is 0 Å². The number of hydrogen-bond acceptors (Lipinski definition) is 5. The molecule has 0 spiro atoms. The Labute approximate surface area is 215 Å². The van der Waals surface area contributed by atoms with E-state index in [9.17, 15) is 9.59 Å². The van der Waals surface area contributed by atoms with Gasteiger partial charge < -0.3 is 9.80 Å². The molecule has 0 saturated carbocycles. The van der Waals surface area contributed by atoms with Gasteiger partial charge in [-0.25, -0.2) is 4.68 Å². The fourth-order valence-corrected chi connectivity index (χ4v) is 3.91. The van der Waals surface area contributed by atoms with Gasteiger partial charge in [-0.05, 0) is 54.8 Å². The summed E-state index contributed by atoms with van der Waals surface area (Å²) in [4.78, 5) is 31.6. The molecule has 3 heterocycles. The van der Waals surface area contributed by atoms with Gasteiger partial charge >= 0.3 is 0 Å². The molecule has 0 N–H and O–H groups in total. The summed E-state index contributed by atoms with van der Waals surface area (Å²) in [6, 6.07) is 14.8. The summed E-state index contributed by atoms with van der Waals surface area (Å²) in [7, 11) is 0. The van der Waals surface area contributed by atoms with Crippen molar-refractivity contribution < 1.29 is 15.8 Å². The van der Waals surface area contributed by atoms with Crippen molar-refractivity contribution in [2.24, 2.45) is 0 Å². The summed E-state index contributed by atoms with van der Waals surface area (Å²) in [5.41, 5.74) is 1.58. The van der Waals surface area contributed by atoms with E-state index in [2.05, 4.69) is 10.1 Å². The van der Waals surface area contributed by atoms with Crippen LogP contribution in [-0.2, 0) is 17.8 Å². The number of amides is 1. The number of fused-ring (bicyclic) bond motifs is 1. The van der Waals surface area contributed by atoms with E-state index in [0.717, 1.165) is 10.2 Å². The van der Waals surface area contributed by atoms with Crippen LogP contribution in [0.2, 0.25) is 0 Å². The van der Waals surface area contributed by atoms with Crippen molar-refractivity contribution in [1.82, 2.24) is 19.7 Å². The summed E-state index contributed by atoms with van der Waals surface area (Å²) >= 11 is 0. The number of hydrogen-bond donors (Lipinski definition) is 0. The lowest BCUT2D eigenvalue weighted by Gasteiger charge is -2.37. The molecule has 1 fully saturated rings. The van der Waals surface area contributed by atoms with E-state index in [1.165, 1.54) is 12.1 Å². The number of anilines is 1. The highest BCUT2D eigenvalue weighted by Crippen LogP contribution is 2.24. The zero-order valence-corrected chi connectivity index (χ0v) is 19.3. The topological polar surface area (TPSA) is 71.3 Å². The van der Waals surface area contributed by atoms with Gasteiger partial charge in [-0.2, -0.15) is 5.10 Å². The molecule has 1 saturated heterocycles. The minimum absolute atomic E-state index is 0.0528. The molecule has 1 aliphatic rings. The normalized spacial score (nSPS) is 23.0. The van der Waals surface area contributed by atoms with Crippen molar-refractivity contribution in [2.45, 2.75) is 26.8 Å². The predicted octanol–water partition coefficient (Wildman–Crippen LogP) is 3.35. The number of carbonyl (C=O) groups excluding carboxylic acids is 1. The number of aromatic nitrogens is 3. The molecule has 2 aromatic heterocycles. The molecule has 0 atom stereocenters. The maximum Gasteiger partial charge on any atom is 0.275 e. The number of rotatable bonds is 5. The van der Waals surface area contributed by atoms with Crippen molar-refractivity contribution in [2.75, 3.05) is 30.9 Å². The first-order valence-electron chi connectivity index (χ1n) is 15.1. The molecule has 1 aliphatic heterocycles. The second-order valence-corrected chi connectivity index (χ2v) is 8.22. The third-order valence-electron chi connectivity index (χ3n) is 5.96. The molecule has 35 heavy (non-hydrogen) atoms. The third kappa shape index (κ3) is 4.67. The van der Waals surface area contributed by atoms with Gasteiger partial charge in [0.25, 0.3) is 5.56 Å². The Balaban J connectivity index is 1.60. The smallest absolute Gasteiger partial charge is 0.275 e. The highest BCUT2D eigenvalue weighted by atomic mass is 16.2. The van der Waals surface area contributed by atoms with Gasteiger partial charge in [0, 0.05) is 55.9 Å². The lowest BCUT2D eigenvalue weighted by Crippen LogP contribution is -2.50. The first-order valence-corrected chi connectivity index (χ1v) is 11.1. The summed E-state index contributed by atoms with van der Waals surface area (Å²) in [5, 5.41) is 5.14. The molecule has 0 bridgehead atoms. The average molecular weight is 476 g/mol. The number of pyridine rings is 1. The Hall–Kier alpha value is -4.00. The average Bonchev–Trinajstić information content (AvgIpc) is 2.93. The first kappa shape index (κ1) is 15.1. The molecule has 0 unspecified atom stereocenters. The van der Waals surface area contributed by atoms with Crippen molar-refractivity contribution in [3.63, 3.8) is 0 Å². The molecular formula is C28H29N5O2. The van der Waals surface area contributed by atoms with Crippen LogP contribution >= 0.6 is 0 Å². The maximum atomic E-state index is 13.8. The van der Waals surface area contributed by atoms with E-state index >= 15 is 0 Å². The number of nitrogens with zero attached hydrogens (tertiary/aromatic N) is 5.